The van der Waals surface area contributed by atoms with Crippen molar-refractivity contribution in [1.29, 1.82) is 0 Å². The van der Waals surface area contributed by atoms with Crippen LogP contribution in [0, 0.1) is 58.4 Å². The molecule has 0 heterocycles. The number of hydrogen-bond donors (Lipinski definition) is 0. The summed E-state index contributed by atoms with van der Waals surface area (Å²) in [7, 11) is 0. The minimum Gasteiger partial charge on any atom is -0.205 e. The van der Waals surface area contributed by atoms with Gasteiger partial charge in [0, 0.05) is 0 Å². The van der Waals surface area contributed by atoms with Crippen LogP contribution in [0.5, 0.6) is 0 Å². The second-order valence-corrected chi connectivity index (χ2v) is 4.45. The first kappa shape index (κ1) is 15.4. The van der Waals surface area contributed by atoms with Crippen molar-refractivity contribution >= 4 is 21.5 Å². The number of rotatable bonds is 0. The standard InChI is InChI=1S/C14F9/c15-2-1-3(16)8(17)5-4(2)9(18)6-7(10(5)19)12(21)14(23)13(22)11(6)20. The van der Waals surface area contributed by atoms with Gasteiger partial charge < -0.3 is 0 Å². The van der Waals surface area contributed by atoms with Crippen LogP contribution < -0.4 is 0 Å². The van der Waals surface area contributed by atoms with E-state index in [2.05, 4.69) is 0 Å². The number of halogens is 9. The Balaban J connectivity index is 2.80. The predicted molar refractivity (Wildman–Crippen MR) is 59.9 cm³/mol. The van der Waals surface area contributed by atoms with E-state index in [4.69, 9.17) is 0 Å². The van der Waals surface area contributed by atoms with E-state index in [0.29, 0.717) is 0 Å². The molecule has 0 amide bonds. The summed E-state index contributed by atoms with van der Waals surface area (Å²) in [6.45, 7) is 0. The van der Waals surface area contributed by atoms with Crippen molar-refractivity contribution in [2.24, 2.45) is 0 Å². The van der Waals surface area contributed by atoms with Crippen LogP contribution in [0.3, 0.4) is 0 Å². The van der Waals surface area contributed by atoms with Crippen LogP contribution in [0.4, 0.5) is 39.5 Å². The van der Waals surface area contributed by atoms with Crippen molar-refractivity contribution in [3.8, 4) is 0 Å². The molecule has 0 saturated heterocycles. The maximum Gasteiger partial charge on any atom is 0.198 e. The lowest BCUT2D eigenvalue weighted by molar-refractivity contribution is 0.414. The summed E-state index contributed by atoms with van der Waals surface area (Å²) in [5.74, 6) is -20.2. The lowest BCUT2D eigenvalue weighted by Crippen LogP contribution is -2.05. The molecular weight excluding hydrogens is 339 g/mol. The van der Waals surface area contributed by atoms with Gasteiger partial charge in [-0.1, -0.05) is 0 Å². The maximum absolute atomic E-state index is 14.2. The van der Waals surface area contributed by atoms with E-state index in [0.717, 1.165) is 6.07 Å². The van der Waals surface area contributed by atoms with Gasteiger partial charge in [0.05, 0.1) is 27.6 Å². The zero-order valence-corrected chi connectivity index (χ0v) is 10.4. The first-order chi connectivity index (χ1) is 10.7. The largest absolute Gasteiger partial charge is 0.205 e. The Kier molecular flexibility index (Phi) is 3.20. The van der Waals surface area contributed by atoms with E-state index < -0.39 is 73.9 Å². The van der Waals surface area contributed by atoms with Crippen LogP contribution >= 0.6 is 0 Å². The second kappa shape index (κ2) is 4.77. The topological polar surface area (TPSA) is 0 Å². The van der Waals surface area contributed by atoms with Gasteiger partial charge in [-0.2, -0.15) is 0 Å². The fraction of sp³-hybridized carbons (Fsp3) is 0. The van der Waals surface area contributed by atoms with Gasteiger partial charge in [0.15, 0.2) is 34.9 Å². The van der Waals surface area contributed by atoms with E-state index in [1.165, 1.54) is 0 Å². The first-order valence-electron chi connectivity index (χ1n) is 5.70. The molecule has 3 rings (SSSR count). The van der Waals surface area contributed by atoms with Gasteiger partial charge in [-0.25, -0.2) is 39.5 Å². The molecule has 0 aliphatic carbocycles. The molecule has 0 N–H and O–H groups in total. The lowest BCUT2D eigenvalue weighted by Gasteiger charge is -2.11. The molecule has 3 aromatic carbocycles. The molecule has 119 valence electrons. The molecule has 9 heteroatoms. The first-order valence-corrected chi connectivity index (χ1v) is 5.70. The normalized spacial score (nSPS) is 11.7. The summed E-state index contributed by atoms with van der Waals surface area (Å²) < 4.78 is 122. The van der Waals surface area contributed by atoms with Gasteiger partial charge in [-0.05, 0) is 0 Å². The van der Waals surface area contributed by atoms with E-state index in [-0.39, 0.29) is 0 Å². The van der Waals surface area contributed by atoms with E-state index in [1.807, 2.05) is 0 Å². The summed E-state index contributed by atoms with van der Waals surface area (Å²) in [6, 6.07) is 1.08. The minimum absolute atomic E-state index is 1.08. The molecule has 3 aromatic rings. The van der Waals surface area contributed by atoms with Crippen LogP contribution in [0.15, 0.2) is 0 Å². The van der Waals surface area contributed by atoms with Crippen LogP contribution in [0.25, 0.3) is 21.5 Å². The molecule has 0 unspecified atom stereocenters. The Morgan fingerprint density at radius 3 is 1.22 bits per heavy atom. The Labute approximate surface area is 120 Å². The highest BCUT2D eigenvalue weighted by atomic mass is 19.2. The summed E-state index contributed by atoms with van der Waals surface area (Å²) in [6.07, 6.45) is 0. The molecule has 0 bridgehead atoms. The van der Waals surface area contributed by atoms with Gasteiger partial charge >= 0.3 is 0 Å². The SMILES string of the molecule is Fc1[c]c(F)c2c(F)c3c(F)c(F)c(F)c(F)c3c(F)c2c1F. The monoisotopic (exact) mass is 339 g/mol. The van der Waals surface area contributed by atoms with Crippen LogP contribution in [0.2, 0.25) is 0 Å². The molecule has 0 aromatic heterocycles. The third-order valence-electron chi connectivity index (χ3n) is 3.25. The molecule has 0 saturated carbocycles. The average molecular weight is 339 g/mol. The molecule has 23 heavy (non-hydrogen) atoms. The van der Waals surface area contributed by atoms with Crippen LogP contribution in [-0.2, 0) is 0 Å². The van der Waals surface area contributed by atoms with Gasteiger partial charge in [-0.15, -0.1) is 0 Å². The maximum atomic E-state index is 14.2. The smallest absolute Gasteiger partial charge is 0.198 e. The predicted octanol–water partition coefficient (Wildman–Crippen LogP) is 5.05. The fourth-order valence-electron chi connectivity index (χ4n) is 2.25. The van der Waals surface area contributed by atoms with Crippen LogP contribution in [-0.4, -0.2) is 0 Å². The summed E-state index contributed by atoms with van der Waals surface area (Å²) >= 11 is 0. The summed E-state index contributed by atoms with van der Waals surface area (Å²) in [4.78, 5) is 0. The molecule has 1 radical (unpaired) electrons. The Bertz CT molecular complexity index is 1010. The van der Waals surface area contributed by atoms with Crippen molar-refractivity contribution in [1.82, 2.24) is 0 Å². The number of fused-ring (bicyclic) bond motifs is 2. The van der Waals surface area contributed by atoms with Crippen molar-refractivity contribution in [3.05, 3.63) is 58.4 Å². The number of benzene rings is 3. The highest BCUT2D eigenvalue weighted by Gasteiger charge is 2.31. The Morgan fingerprint density at radius 2 is 0.739 bits per heavy atom. The summed E-state index contributed by atoms with van der Waals surface area (Å²) in [5, 5.41) is -6.91. The fourth-order valence-corrected chi connectivity index (χ4v) is 2.25. The third-order valence-corrected chi connectivity index (χ3v) is 3.25. The van der Waals surface area contributed by atoms with Crippen molar-refractivity contribution < 1.29 is 39.5 Å². The molecule has 0 nitrogen and oxygen atoms in total. The van der Waals surface area contributed by atoms with Gasteiger partial charge in [-0.3, -0.25) is 0 Å². The van der Waals surface area contributed by atoms with Gasteiger partial charge in [0.2, 0.25) is 0 Å². The van der Waals surface area contributed by atoms with Crippen LogP contribution in [0.1, 0.15) is 0 Å². The number of hydrogen-bond acceptors (Lipinski definition) is 0. The molecule has 0 aliphatic rings. The summed E-state index contributed by atoms with van der Waals surface area (Å²) in [5.41, 5.74) is 0. The highest BCUT2D eigenvalue weighted by molar-refractivity contribution is 6.01. The Morgan fingerprint density at radius 1 is 0.348 bits per heavy atom. The lowest BCUT2D eigenvalue weighted by atomic mass is 9.99. The highest BCUT2D eigenvalue weighted by Crippen LogP contribution is 2.38. The van der Waals surface area contributed by atoms with Crippen molar-refractivity contribution in [2.45, 2.75) is 0 Å². The van der Waals surface area contributed by atoms with Crippen molar-refractivity contribution in [2.75, 3.05) is 0 Å². The van der Waals surface area contributed by atoms with Gasteiger partial charge in [0.25, 0.3) is 0 Å². The Hall–Kier alpha value is -2.45. The van der Waals surface area contributed by atoms with Gasteiger partial charge in [0.1, 0.15) is 17.5 Å². The van der Waals surface area contributed by atoms with E-state index >= 15 is 0 Å². The third kappa shape index (κ3) is 1.82. The molecular formula is C14F9. The molecule has 0 aliphatic heterocycles. The quantitative estimate of drug-likeness (QED) is 0.233. The zero-order chi connectivity index (χ0) is 17.2. The van der Waals surface area contributed by atoms with E-state index in [1.54, 1.807) is 0 Å². The average Bonchev–Trinajstić information content (AvgIpc) is 2.49. The van der Waals surface area contributed by atoms with Crippen molar-refractivity contribution in [3.63, 3.8) is 0 Å². The molecule has 0 atom stereocenters. The minimum atomic E-state index is -2.49. The van der Waals surface area contributed by atoms with E-state index in [9.17, 15) is 39.5 Å². The molecule has 0 spiro atoms. The zero-order valence-electron chi connectivity index (χ0n) is 10.4. The second-order valence-electron chi connectivity index (χ2n) is 4.45. The molecule has 0 fully saturated rings.